The predicted molar refractivity (Wildman–Crippen MR) is 56.0 cm³/mol. The molecule has 62 valence electrons. The lowest BCUT2D eigenvalue weighted by Crippen LogP contribution is -1.91. The fourth-order valence-corrected chi connectivity index (χ4v) is 1.76. The van der Waals surface area contributed by atoms with Crippen LogP contribution in [0.1, 0.15) is 5.56 Å². The smallest absolute Gasteiger partial charge is 0.179 e. The van der Waals surface area contributed by atoms with E-state index in [0.717, 1.165) is 15.0 Å². The molecule has 0 bridgehead atoms. The van der Waals surface area contributed by atoms with Crippen molar-refractivity contribution in [3.05, 3.63) is 21.7 Å². The van der Waals surface area contributed by atoms with Crippen molar-refractivity contribution < 1.29 is 0 Å². The van der Waals surface area contributed by atoms with Crippen molar-refractivity contribution in [3.63, 3.8) is 0 Å². The van der Waals surface area contributed by atoms with Crippen LogP contribution < -0.4 is 0 Å². The van der Waals surface area contributed by atoms with E-state index in [4.69, 9.17) is 0 Å². The van der Waals surface area contributed by atoms with Gasteiger partial charge in [-0.25, -0.2) is 9.97 Å². The molecule has 0 amide bonds. The van der Waals surface area contributed by atoms with Crippen LogP contribution in [0.5, 0.6) is 0 Å². The summed E-state index contributed by atoms with van der Waals surface area (Å²) in [6.07, 6.45) is 1.79. The lowest BCUT2D eigenvalue weighted by molar-refractivity contribution is 0.905. The maximum Gasteiger partial charge on any atom is 0.179 e. The van der Waals surface area contributed by atoms with Gasteiger partial charge in [-0.05, 0) is 18.6 Å². The molecule has 12 heavy (non-hydrogen) atoms. The Bertz CT molecular complexity index is 433. The van der Waals surface area contributed by atoms with Gasteiger partial charge in [0.15, 0.2) is 9.48 Å². The first-order valence-electron chi connectivity index (χ1n) is 3.63. The molecule has 0 aromatic carbocycles. The third kappa shape index (κ3) is 1.01. The number of rotatable bonds is 0. The Morgan fingerprint density at radius 1 is 1.50 bits per heavy atom. The molecule has 0 N–H and O–H groups in total. The molecule has 0 atom stereocenters. The Hall–Kier alpha value is -0.650. The molecule has 0 unspecified atom stereocenters. The minimum Gasteiger partial charge on any atom is -0.321 e. The number of aryl methyl sites for hydroxylation is 2. The quantitative estimate of drug-likeness (QED) is 0.686. The molecule has 0 radical (unpaired) electrons. The third-order valence-corrected chi connectivity index (χ3v) is 2.88. The standard InChI is InChI=1S/C8H8IN3/c1-5-3-4-10-7-6(5)12(2)8(9)11-7/h3-4H,1-2H3. The normalized spacial score (nSPS) is 10.9. The highest BCUT2D eigenvalue weighted by Gasteiger charge is 2.06. The molecular weight excluding hydrogens is 265 g/mol. The molecule has 2 heterocycles. The van der Waals surface area contributed by atoms with Crippen LogP contribution in [0.2, 0.25) is 0 Å². The number of imidazole rings is 1. The minimum atomic E-state index is 0.835. The Kier molecular flexibility index (Phi) is 1.79. The minimum absolute atomic E-state index is 0.835. The van der Waals surface area contributed by atoms with Crippen molar-refractivity contribution in [1.82, 2.24) is 14.5 Å². The molecule has 3 nitrogen and oxygen atoms in total. The molecule has 4 heteroatoms. The summed E-state index contributed by atoms with van der Waals surface area (Å²) in [7, 11) is 2.01. The van der Waals surface area contributed by atoms with Crippen molar-refractivity contribution >= 4 is 33.8 Å². The first-order chi connectivity index (χ1) is 5.70. The largest absolute Gasteiger partial charge is 0.321 e. The molecule has 2 aromatic heterocycles. The molecule has 2 rings (SSSR count). The van der Waals surface area contributed by atoms with E-state index in [1.54, 1.807) is 6.20 Å². The summed E-state index contributed by atoms with van der Waals surface area (Å²) in [6.45, 7) is 2.07. The molecule has 0 aliphatic heterocycles. The van der Waals surface area contributed by atoms with Crippen LogP contribution >= 0.6 is 22.6 Å². The van der Waals surface area contributed by atoms with E-state index in [1.165, 1.54) is 5.56 Å². The lowest BCUT2D eigenvalue weighted by atomic mass is 10.3. The Morgan fingerprint density at radius 2 is 2.25 bits per heavy atom. The van der Waals surface area contributed by atoms with Gasteiger partial charge in [-0.3, -0.25) is 0 Å². The van der Waals surface area contributed by atoms with Gasteiger partial charge in [0.25, 0.3) is 0 Å². The van der Waals surface area contributed by atoms with Crippen LogP contribution in [0.4, 0.5) is 0 Å². The Labute approximate surface area is 84.0 Å². The fourth-order valence-electron chi connectivity index (χ4n) is 1.29. The molecule has 2 aromatic rings. The van der Waals surface area contributed by atoms with Gasteiger partial charge in [0.1, 0.15) is 0 Å². The van der Waals surface area contributed by atoms with Crippen molar-refractivity contribution in [2.45, 2.75) is 6.92 Å². The zero-order valence-electron chi connectivity index (χ0n) is 6.87. The van der Waals surface area contributed by atoms with Gasteiger partial charge in [0.2, 0.25) is 0 Å². The fraction of sp³-hybridized carbons (Fsp3) is 0.250. The zero-order valence-corrected chi connectivity index (χ0v) is 9.03. The third-order valence-electron chi connectivity index (χ3n) is 1.92. The second kappa shape index (κ2) is 2.69. The Morgan fingerprint density at radius 3 is 2.92 bits per heavy atom. The maximum absolute atomic E-state index is 4.31. The van der Waals surface area contributed by atoms with Crippen LogP contribution in [0.25, 0.3) is 11.2 Å². The average molecular weight is 273 g/mol. The zero-order chi connectivity index (χ0) is 8.72. The van der Waals surface area contributed by atoms with Gasteiger partial charge in [0, 0.05) is 35.8 Å². The molecule has 0 saturated carbocycles. The number of pyridine rings is 1. The van der Waals surface area contributed by atoms with Crippen molar-refractivity contribution in [2.75, 3.05) is 0 Å². The molecule has 0 spiro atoms. The first kappa shape index (κ1) is 7.97. The maximum atomic E-state index is 4.31. The van der Waals surface area contributed by atoms with Crippen molar-refractivity contribution in [2.24, 2.45) is 7.05 Å². The summed E-state index contributed by atoms with van der Waals surface area (Å²) in [6, 6.07) is 2.00. The van der Waals surface area contributed by atoms with Gasteiger partial charge in [-0.15, -0.1) is 0 Å². The topological polar surface area (TPSA) is 30.7 Å². The number of fused-ring (bicyclic) bond motifs is 1. The van der Waals surface area contributed by atoms with Crippen molar-refractivity contribution in [3.8, 4) is 0 Å². The van der Waals surface area contributed by atoms with E-state index in [2.05, 4.69) is 44.0 Å². The Balaban J connectivity index is 2.97. The molecule has 0 saturated heterocycles. The van der Waals surface area contributed by atoms with Crippen LogP contribution in [0.3, 0.4) is 0 Å². The van der Waals surface area contributed by atoms with Crippen LogP contribution in [0, 0.1) is 10.8 Å². The highest BCUT2D eigenvalue weighted by Crippen LogP contribution is 2.16. The number of hydrogen-bond acceptors (Lipinski definition) is 2. The summed E-state index contributed by atoms with van der Waals surface area (Å²) in [5.41, 5.74) is 3.18. The summed E-state index contributed by atoms with van der Waals surface area (Å²) in [4.78, 5) is 8.50. The van der Waals surface area contributed by atoms with Crippen LogP contribution in [-0.2, 0) is 7.05 Å². The van der Waals surface area contributed by atoms with Gasteiger partial charge < -0.3 is 4.57 Å². The van der Waals surface area contributed by atoms with Gasteiger partial charge in [0.05, 0.1) is 5.52 Å². The summed E-state index contributed by atoms with van der Waals surface area (Å²) >= 11 is 2.21. The van der Waals surface area contributed by atoms with E-state index >= 15 is 0 Å². The van der Waals surface area contributed by atoms with E-state index in [0.29, 0.717) is 0 Å². The summed E-state index contributed by atoms with van der Waals surface area (Å²) in [5.74, 6) is 0. The van der Waals surface area contributed by atoms with Gasteiger partial charge in [-0.2, -0.15) is 0 Å². The summed E-state index contributed by atoms with van der Waals surface area (Å²) < 4.78 is 3.03. The molecule has 0 aliphatic carbocycles. The molecule has 0 fully saturated rings. The van der Waals surface area contributed by atoms with Crippen LogP contribution in [-0.4, -0.2) is 14.5 Å². The van der Waals surface area contributed by atoms with Gasteiger partial charge in [-0.1, -0.05) is 0 Å². The van der Waals surface area contributed by atoms with E-state index < -0.39 is 0 Å². The second-order valence-electron chi connectivity index (χ2n) is 2.74. The summed E-state index contributed by atoms with van der Waals surface area (Å²) in [5, 5.41) is 0. The lowest BCUT2D eigenvalue weighted by Gasteiger charge is -1.97. The average Bonchev–Trinajstić information content (AvgIpc) is 2.29. The van der Waals surface area contributed by atoms with Gasteiger partial charge >= 0.3 is 0 Å². The highest BCUT2D eigenvalue weighted by molar-refractivity contribution is 14.1. The van der Waals surface area contributed by atoms with E-state index in [-0.39, 0.29) is 0 Å². The van der Waals surface area contributed by atoms with E-state index in [1.807, 2.05) is 13.1 Å². The molecule has 0 aliphatic rings. The van der Waals surface area contributed by atoms with Crippen LogP contribution in [0.15, 0.2) is 12.3 Å². The number of halogens is 1. The molecular formula is C8H8IN3. The number of nitrogens with zero attached hydrogens (tertiary/aromatic N) is 3. The number of aromatic nitrogens is 3. The number of hydrogen-bond donors (Lipinski definition) is 0. The van der Waals surface area contributed by atoms with E-state index in [9.17, 15) is 0 Å². The monoisotopic (exact) mass is 273 g/mol. The second-order valence-corrected chi connectivity index (χ2v) is 3.70. The predicted octanol–water partition coefficient (Wildman–Crippen LogP) is 1.88. The van der Waals surface area contributed by atoms with Crippen molar-refractivity contribution in [1.29, 1.82) is 0 Å². The highest BCUT2D eigenvalue weighted by atomic mass is 127. The SMILES string of the molecule is Cc1ccnc2nc(I)n(C)c12. The first-order valence-corrected chi connectivity index (χ1v) is 4.71.